The summed E-state index contributed by atoms with van der Waals surface area (Å²) in [5, 5.41) is 6.64. The summed E-state index contributed by atoms with van der Waals surface area (Å²) in [6, 6.07) is -0.199. The molecule has 1 aromatic heterocycles. The Bertz CT molecular complexity index is 529. The van der Waals surface area contributed by atoms with Crippen LogP contribution in [0, 0.1) is 0 Å². The zero-order valence-corrected chi connectivity index (χ0v) is 16.6. The lowest BCUT2D eigenvalue weighted by atomic mass is 9.97. The van der Waals surface area contributed by atoms with Gasteiger partial charge in [-0.25, -0.2) is 4.98 Å². The summed E-state index contributed by atoms with van der Waals surface area (Å²) in [6.45, 7) is 7.19. The fraction of sp³-hybridized carbons (Fsp3) is 0.750. The second kappa shape index (κ2) is 9.92. The highest BCUT2D eigenvalue weighted by Gasteiger charge is 2.34. The van der Waals surface area contributed by atoms with Crippen molar-refractivity contribution >= 4 is 42.1 Å². The Labute approximate surface area is 160 Å². The van der Waals surface area contributed by atoms with Gasteiger partial charge < -0.3 is 15.0 Å². The minimum absolute atomic E-state index is 0. The van der Waals surface area contributed by atoms with E-state index in [0.29, 0.717) is 12.5 Å². The molecule has 1 N–H and O–H groups in total. The lowest BCUT2D eigenvalue weighted by Crippen LogP contribution is -2.57. The van der Waals surface area contributed by atoms with Crippen LogP contribution >= 0.6 is 36.2 Å². The molecule has 2 fully saturated rings. The summed E-state index contributed by atoms with van der Waals surface area (Å²) < 4.78 is 5.61. The molecule has 2 aliphatic heterocycles. The van der Waals surface area contributed by atoms with E-state index in [4.69, 9.17) is 9.72 Å². The Morgan fingerprint density at radius 1 is 1.50 bits per heavy atom. The van der Waals surface area contributed by atoms with Crippen molar-refractivity contribution in [3.8, 4) is 0 Å². The molecular formula is C16H27Cl2N3O2S. The van der Waals surface area contributed by atoms with Gasteiger partial charge in [-0.15, -0.1) is 36.2 Å². The first-order valence-electron chi connectivity index (χ1n) is 8.27. The van der Waals surface area contributed by atoms with E-state index in [0.717, 1.165) is 38.9 Å². The second-order valence-corrected chi connectivity index (χ2v) is 7.05. The monoisotopic (exact) mass is 395 g/mol. The molecule has 1 unspecified atom stereocenters. The third kappa shape index (κ3) is 4.82. The fourth-order valence-electron chi connectivity index (χ4n) is 3.26. The number of halogens is 2. The number of carbonyl (C=O) groups is 1. The van der Waals surface area contributed by atoms with E-state index in [1.807, 2.05) is 11.8 Å². The quantitative estimate of drug-likeness (QED) is 0.854. The lowest BCUT2D eigenvalue weighted by molar-refractivity contribution is -0.140. The van der Waals surface area contributed by atoms with Gasteiger partial charge in [0.25, 0.3) is 0 Å². The van der Waals surface area contributed by atoms with Crippen LogP contribution in [0.3, 0.4) is 0 Å². The normalized spacial score (nSPS) is 27.1. The van der Waals surface area contributed by atoms with Crippen LogP contribution in [0.4, 0.5) is 0 Å². The fourth-order valence-corrected chi connectivity index (χ4v) is 4.29. The van der Waals surface area contributed by atoms with Crippen LogP contribution in [0.15, 0.2) is 5.38 Å². The molecule has 138 valence electrons. The van der Waals surface area contributed by atoms with Crippen molar-refractivity contribution in [1.82, 2.24) is 15.2 Å². The van der Waals surface area contributed by atoms with E-state index in [1.165, 1.54) is 10.7 Å². The van der Waals surface area contributed by atoms with Gasteiger partial charge in [-0.05, 0) is 26.2 Å². The first kappa shape index (κ1) is 21.6. The number of rotatable bonds is 3. The zero-order chi connectivity index (χ0) is 15.5. The van der Waals surface area contributed by atoms with Crippen LogP contribution in [0.5, 0.6) is 0 Å². The predicted molar refractivity (Wildman–Crippen MR) is 102 cm³/mol. The third-order valence-electron chi connectivity index (χ3n) is 4.60. The molecule has 0 spiro atoms. The highest BCUT2D eigenvalue weighted by Crippen LogP contribution is 2.30. The van der Waals surface area contributed by atoms with E-state index in [1.54, 1.807) is 11.3 Å². The standard InChI is InChI=1S/C16H25N3O2S.2ClH/c1-3-13-10-22-15(18-13)12-5-4-7-19(9-12)16(20)14-11(2)21-8-6-17-14;;/h10-12,14,17H,3-9H2,1-2H3;2*1H/t11-,12?,14+;;/m1../s1. The van der Waals surface area contributed by atoms with Crippen LogP contribution in [-0.2, 0) is 16.0 Å². The minimum Gasteiger partial charge on any atom is -0.375 e. The average Bonchev–Trinajstić information content (AvgIpc) is 3.04. The zero-order valence-electron chi connectivity index (χ0n) is 14.2. The van der Waals surface area contributed by atoms with Crippen molar-refractivity contribution in [2.75, 3.05) is 26.2 Å². The summed E-state index contributed by atoms with van der Waals surface area (Å²) in [4.78, 5) is 19.5. The molecule has 0 radical (unpaired) electrons. The minimum atomic E-state index is -0.199. The number of piperidine rings is 1. The molecule has 0 aliphatic carbocycles. The average molecular weight is 396 g/mol. The molecular weight excluding hydrogens is 369 g/mol. The van der Waals surface area contributed by atoms with Gasteiger partial charge in [-0.2, -0.15) is 0 Å². The maximum absolute atomic E-state index is 12.8. The van der Waals surface area contributed by atoms with Gasteiger partial charge in [-0.1, -0.05) is 6.92 Å². The molecule has 2 aliphatic rings. The highest BCUT2D eigenvalue weighted by molar-refractivity contribution is 7.09. The number of likely N-dealkylation sites (tertiary alicyclic amines) is 1. The van der Waals surface area contributed by atoms with Gasteiger partial charge in [0.05, 0.1) is 23.4 Å². The van der Waals surface area contributed by atoms with Gasteiger partial charge >= 0.3 is 0 Å². The molecule has 3 atom stereocenters. The number of aryl methyl sites for hydroxylation is 1. The van der Waals surface area contributed by atoms with Crippen molar-refractivity contribution in [3.63, 3.8) is 0 Å². The van der Waals surface area contributed by atoms with Gasteiger partial charge in [-0.3, -0.25) is 4.79 Å². The molecule has 3 heterocycles. The largest absolute Gasteiger partial charge is 0.375 e. The van der Waals surface area contributed by atoms with Crippen LogP contribution in [0.2, 0.25) is 0 Å². The molecule has 0 saturated carbocycles. The number of carbonyl (C=O) groups excluding carboxylic acids is 1. The number of aromatic nitrogens is 1. The summed E-state index contributed by atoms with van der Waals surface area (Å²) in [5.74, 6) is 0.576. The smallest absolute Gasteiger partial charge is 0.242 e. The van der Waals surface area contributed by atoms with Crippen molar-refractivity contribution in [2.24, 2.45) is 0 Å². The molecule has 1 amide bonds. The summed E-state index contributed by atoms with van der Waals surface area (Å²) in [6.07, 6.45) is 3.12. The van der Waals surface area contributed by atoms with Gasteiger partial charge in [0.2, 0.25) is 5.91 Å². The Morgan fingerprint density at radius 2 is 2.29 bits per heavy atom. The summed E-state index contributed by atoms with van der Waals surface area (Å²) in [7, 11) is 0. The van der Waals surface area contributed by atoms with Crippen molar-refractivity contribution in [3.05, 3.63) is 16.1 Å². The molecule has 0 bridgehead atoms. The Morgan fingerprint density at radius 3 is 2.96 bits per heavy atom. The van der Waals surface area contributed by atoms with Crippen molar-refractivity contribution in [2.45, 2.75) is 51.2 Å². The predicted octanol–water partition coefficient (Wildman–Crippen LogP) is 2.63. The Hall–Kier alpha value is -0.400. The molecule has 5 nitrogen and oxygen atoms in total. The number of hydrogen-bond acceptors (Lipinski definition) is 5. The Kier molecular flexibility index (Phi) is 8.95. The van der Waals surface area contributed by atoms with E-state index < -0.39 is 0 Å². The summed E-state index contributed by atoms with van der Waals surface area (Å²) >= 11 is 1.74. The van der Waals surface area contributed by atoms with Crippen LogP contribution in [0.25, 0.3) is 0 Å². The molecule has 3 rings (SSSR count). The molecule has 0 aromatic carbocycles. The lowest BCUT2D eigenvalue weighted by Gasteiger charge is -2.37. The van der Waals surface area contributed by atoms with Crippen LogP contribution in [-0.4, -0.2) is 54.2 Å². The number of amides is 1. The van der Waals surface area contributed by atoms with Gasteiger partial charge in [0.1, 0.15) is 6.04 Å². The van der Waals surface area contributed by atoms with Crippen LogP contribution in [0.1, 0.15) is 43.3 Å². The molecule has 8 heteroatoms. The van der Waals surface area contributed by atoms with E-state index in [2.05, 4.69) is 17.6 Å². The van der Waals surface area contributed by atoms with Gasteiger partial charge in [0, 0.05) is 30.9 Å². The van der Waals surface area contributed by atoms with Crippen molar-refractivity contribution < 1.29 is 9.53 Å². The Balaban J connectivity index is 0.00000144. The molecule has 2 saturated heterocycles. The number of nitrogens with zero attached hydrogens (tertiary/aromatic N) is 2. The number of morpholine rings is 1. The van der Waals surface area contributed by atoms with E-state index >= 15 is 0 Å². The number of ether oxygens (including phenoxy) is 1. The first-order chi connectivity index (χ1) is 10.7. The van der Waals surface area contributed by atoms with Crippen LogP contribution < -0.4 is 5.32 Å². The summed E-state index contributed by atoms with van der Waals surface area (Å²) in [5.41, 5.74) is 1.17. The third-order valence-corrected chi connectivity index (χ3v) is 5.65. The number of nitrogens with one attached hydrogen (secondary N) is 1. The molecule has 1 aromatic rings. The number of thiazole rings is 1. The number of hydrogen-bond donors (Lipinski definition) is 1. The van der Waals surface area contributed by atoms with E-state index in [9.17, 15) is 4.79 Å². The second-order valence-electron chi connectivity index (χ2n) is 6.16. The SMILES string of the molecule is CCc1csc(C2CCCN(C(=O)[C@H]3NCCO[C@@H]3C)C2)n1.Cl.Cl. The van der Waals surface area contributed by atoms with Crippen molar-refractivity contribution in [1.29, 1.82) is 0 Å². The molecule has 24 heavy (non-hydrogen) atoms. The van der Waals surface area contributed by atoms with E-state index in [-0.39, 0.29) is 42.9 Å². The maximum atomic E-state index is 12.8. The highest BCUT2D eigenvalue weighted by atomic mass is 35.5. The maximum Gasteiger partial charge on any atom is 0.242 e. The van der Waals surface area contributed by atoms with Gasteiger partial charge in [0.15, 0.2) is 0 Å². The topological polar surface area (TPSA) is 54.5 Å². The first-order valence-corrected chi connectivity index (χ1v) is 9.15.